The van der Waals surface area contributed by atoms with Gasteiger partial charge < -0.3 is 10.1 Å². The van der Waals surface area contributed by atoms with E-state index in [4.69, 9.17) is 4.74 Å². The monoisotopic (exact) mass is 336 g/mol. The summed E-state index contributed by atoms with van der Waals surface area (Å²) in [5.41, 5.74) is 1.00. The lowest BCUT2D eigenvalue weighted by Gasteiger charge is -2.13. The molecule has 1 aliphatic carbocycles. The highest BCUT2D eigenvalue weighted by molar-refractivity contribution is 8.00. The zero-order chi connectivity index (χ0) is 16.5. The molecule has 1 aromatic rings. The summed E-state index contributed by atoms with van der Waals surface area (Å²) >= 11 is 1.72. The molecular weight excluding hydrogens is 308 g/mol. The van der Waals surface area contributed by atoms with Crippen molar-refractivity contribution in [3.8, 4) is 5.88 Å². The lowest BCUT2D eigenvalue weighted by molar-refractivity contribution is -0.120. The van der Waals surface area contributed by atoms with Crippen molar-refractivity contribution in [2.75, 3.05) is 5.75 Å². The largest absolute Gasteiger partial charge is 0.474 e. The topological polar surface area (TPSA) is 51.2 Å². The average Bonchev–Trinajstić information content (AvgIpc) is 3.07. The first-order chi connectivity index (χ1) is 11.2. The van der Waals surface area contributed by atoms with Crippen molar-refractivity contribution in [3.05, 3.63) is 23.9 Å². The number of pyridine rings is 1. The highest BCUT2D eigenvalue weighted by Crippen LogP contribution is 2.22. The fraction of sp³-hybridized carbons (Fsp3) is 0.667. The predicted molar refractivity (Wildman–Crippen MR) is 95.8 cm³/mol. The van der Waals surface area contributed by atoms with E-state index in [2.05, 4.69) is 17.2 Å². The van der Waals surface area contributed by atoms with E-state index >= 15 is 0 Å². The van der Waals surface area contributed by atoms with Crippen LogP contribution in [-0.2, 0) is 11.3 Å². The number of amides is 1. The van der Waals surface area contributed by atoms with Crippen LogP contribution >= 0.6 is 11.8 Å². The Labute approximate surface area is 143 Å². The summed E-state index contributed by atoms with van der Waals surface area (Å²) in [6, 6.07) is 3.88. The van der Waals surface area contributed by atoms with Crippen LogP contribution in [0, 0.1) is 0 Å². The van der Waals surface area contributed by atoms with E-state index < -0.39 is 0 Å². The molecule has 0 radical (unpaired) electrons. The molecule has 1 atom stereocenters. The fourth-order valence-electron chi connectivity index (χ4n) is 2.58. The molecule has 0 aliphatic heterocycles. The number of hydrogen-bond acceptors (Lipinski definition) is 4. The molecule has 1 unspecified atom stereocenters. The quantitative estimate of drug-likeness (QED) is 0.694. The lowest BCUT2D eigenvalue weighted by atomic mass is 10.2. The number of hydrogen-bond donors (Lipinski definition) is 1. The minimum absolute atomic E-state index is 0.000479. The second kappa shape index (κ2) is 9.81. The van der Waals surface area contributed by atoms with Crippen molar-refractivity contribution in [3.63, 3.8) is 0 Å². The first-order valence-corrected chi connectivity index (χ1v) is 9.74. The third-order valence-electron chi connectivity index (χ3n) is 4.09. The molecule has 1 heterocycles. The smallest absolute Gasteiger partial charge is 0.233 e. The van der Waals surface area contributed by atoms with E-state index in [9.17, 15) is 4.79 Å². The molecule has 4 nitrogen and oxygen atoms in total. The summed E-state index contributed by atoms with van der Waals surface area (Å²) in [5, 5.41) is 2.98. The van der Waals surface area contributed by atoms with Crippen molar-refractivity contribution < 1.29 is 9.53 Å². The van der Waals surface area contributed by atoms with E-state index in [1.54, 1.807) is 18.0 Å². The van der Waals surface area contributed by atoms with Gasteiger partial charge in [-0.25, -0.2) is 4.98 Å². The number of aromatic nitrogens is 1. The van der Waals surface area contributed by atoms with Gasteiger partial charge in [-0.1, -0.05) is 19.4 Å². The summed E-state index contributed by atoms with van der Waals surface area (Å²) < 4.78 is 5.85. The highest BCUT2D eigenvalue weighted by Gasteiger charge is 2.17. The Hall–Kier alpha value is -1.23. The number of ether oxygens (including phenoxy) is 1. The molecule has 1 aliphatic rings. The predicted octanol–water partition coefficient (Wildman–Crippen LogP) is 3.94. The van der Waals surface area contributed by atoms with Crippen LogP contribution in [0.2, 0.25) is 0 Å². The van der Waals surface area contributed by atoms with Gasteiger partial charge in [0, 0.05) is 18.8 Å². The normalized spacial score (nSPS) is 16.3. The molecule has 128 valence electrons. The Balaban J connectivity index is 1.71. The summed E-state index contributed by atoms with van der Waals surface area (Å²) in [4.78, 5) is 16.4. The Morgan fingerprint density at radius 2 is 2.22 bits per heavy atom. The van der Waals surface area contributed by atoms with Crippen LogP contribution in [0.1, 0.15) is 57.9 Å². The van der Waals surface area contributed by atoms with Crippen molar-refractivity contribution in [2.45, 2.75) is 70.3 Å². The maximum Gasteiger partial charge on any atom is 0.233 e. The van der Waals surface area contributed by atoms with Crippen molar-refractivity contribution in [1.29, 1.82) is 0 Å². The number of carbonyl (C=O) groups excluding carboxylic acids is 1. The molecule has 1 fully saturated rings. The van der Waals surface area contributed by atoms with E-state index in [0.29, 0.717) is 18.5 Å². The number of unbranched alkanes of at least 4 members (excludes halogenated alkanes) is 1. The summed E-state index contributed by atoms with van der Waals surface area (Å²) in [6.07, 6.45) is 9.22. The standard InChI is InChI=1S/C18H28N2O2S/c1-3-4-11-23-14(2)18(21)20-13-15-9-10-17(19-12-15)22-16-7-5-6-8-16/h9-10,12,14,16H,3-8,11,13H2,1-2H3,(H,20,21). The molecule has 0 aromatic carbocycles. The molecule has 1 N–H and O–H groups in total. The summed E-state index contributed by atoms with van der Waals surface area (Å²) in [5.74, 6) is 1.83. The molecular formula is C18H28N2O2S. The molecule has 1 aromatic heterocycles. The Bertz CT molecular complexity index is 472. The molecule has 1 saturated carbocycles. The van der Waals surface area contributed by atoms with Gasteiger partial charge in [-0.3, -0.25) is 4.79 Å². The van der Waals surface area contributed by atoms with Crippen LogP contribution in [0.5, 0.6) is 5.88 Å². The number of nitrogens with one attached hydrogen (secondary N) is 1. The minimum Gasteiger partial charge on any atom is -0.474 e. The summed E-state index contributed by atoms with van der Waals surface area (Å²) in [6.45, 7) is 4.65. The van der Waals surface area contributed by atoms with Crippen LogP contribution in [0.4, 0.5) is 0 Å². The molecule has 0 bridgehead atoms. The zero-order valence-electron chi connectivity index (χ0n) is 14.2. The number of carbonyl (C=O) groups is 1. The summed E-state index contributed by atoms with van der Waals surface area (Å²) in [7, 11) is 0. The van der Waals surface area contributed by atoms with Gasteiger partial charge >= 0.3 is 0 Å². The van der Waals surface area contributed by atoms with Gasteiger partial charge in [0.05, 0.1) is 5.25 Å². The Morgan fingerprint density at radius 1 is 1.43 bits per heavy atom. The molecule has 2 rings (SSSR count). The maximum absolute atomic E-state index is 12.0. The van der Waals surface area contributed by atoms with Gasteiger partial charge in [0.2, 0.25) is 11.8 Å². The first-order valence-electron chi connectivity index (χ1n) is 8.70. The highest BCUT2D eigenvalue weighted by atomic mass is 32.2. The van der Waals surface area contributed by atoms with Crippen molar-refractivity contribution >= 4 is 17.7 Å². The number of rotatable bonds is 9. The van der Waals surface area contributed by atoms with Crippen LogP contribution in [0.25, 0.3) is 0 Å². The van der Waals surface area contributed by atoms with E-state index in [1.807, 2.05) is 19.1 Å². The molecule has 23 heavy (non-hydrogen) atoms. The van der Waals surface area contributed by atoms with Crippen LogP contribution in [0.15, 0.2) is 18.3 Å². The fourth-order valence-corrected chi connectivity index (χ4v) is 3.62. The van der Waals surface area contributed by atoms with E-state index in [0.717, 1.165) is 30.6 Å². The van der Waals surface area contributed by atoms with E-state index in [-0.39, 0.29) is 11.2 Å². The second-order valence-corrected chi connectivity index (χ2v) is 7.56. The van der Waals surface area contributed by atoms with Gasteiger partial charge in [-0.2, -0.15) is 0 Å². The average molecular weight is 337 g/mol. The van der Waals surface area contributed by atoms with Gasteiger partial charge in [0.15, 0.2) is 0 Å². The molecule has 5 heteroatoms. The van der Waals surface area contributed by atoms with Crippen LogP contribution in [-0.4, -0.2) is 28.0 Å². The first kappa shape index (κ1) is 18.1. The van der Waals surface area contributed by atoms with Crippen LogP contribution in [0.3, 0.4) is 0 Å². The molecule has 1 amide bonds. The molecule has 0 saturated heterocycles. The third-order valence-corrected chi connectivity index (χ3v) is 5.33. The Morgan fingerprint density at radius 3 is 2.87 bits per heavy atom. The molecule has 0 spiro atoms. The minimum atomic E-state index is -0.000479. The third kappa shape index (κ3) is 6.42. The second-order valence-electron chi connectivity index (χ2n) is 6.11. The van der Waals surface area contributed by atoms with Crippen molar-refractivity contribution in [2.24, 2.45) is 0 Å². The van der Waals surface area contributed by atoms with Gasteiger partial charge in [0.1, 0.15) is 6.10 Å². The number of nitrogens with zero attached hydrogens (tertiary/aromatic N) is 1. The van der Waals surface area contributed by atoms with E-state index in [1.165, 1.54) is 19.3 Å². The lowest BCUT2D eigenvalue weighted by Crippen LogP contribution is -2.30. The SMILES string of the molecule is CCCCSC(C)C(=O)NCc1ccc(OC2CCCC2)nc1. The zero-order valence-corrected chi connectivity index (χ0v) is 15.0. The van der Waals surface area contributed by atoms with Crippen molar-refractivity contribution in [1.82, 2.24) is 10.3 Å². The van der Waals surface area contributed by atoms with Gasteiger partial charge in [-0.15, -0.1) is 11.8 Å². The maximum atomic E-state index is 12.0. The van der Waals surface area contributed by atoms with Gasteiger partial charge in [0.25, 0.3) is 0 Å². The Kier molecular flexibility index (Phi) is 7.72. The van der Waals surface area contributed by atoms with Gasteiger partial charge in [-0.05, 0) is 50.3 Å². The van der Waals surface area contributed by atoms with Crippen LogP contribution < -0.4 is 10.1 Å². The number of thioether (sulfide) groups is 1.